The summed E-state index contributed by atoms with van der Waals surface area (Å²) in [7, 11) is 3.72. The molecule has 160 valence electrons. The van der Waals surface area contributed by atoms with E-state index in [9.17, 15) is 9.59 Å². The second-order valence-corrected chi connectivity index (χ2v) is 7.31. The standard InChI is InChI=1S/C21H28N6O3/c1-26(2)19-7-6-18(24-25-19)21(29)22-15-16-4-3-5-17(14-16)23-20(28)8-9-27-10-12-30-13-11-27/h3-7,14H,8-13,15H2,1-2H3,(H,22,29)(H,23,28). The number of rotatable bonds is 8. The number of carbonyl (C=O) groups excluding carboxylic acids is 2. The Labute approximate surface area is 176 Å². The van der Waals surface area contributed by atoms with Gasteiger partial charge in [0.1, 0.15) is 0 Å². The van der Waals surface area contributed by atoms with Crippen molar-refractivity contribution in [1.29, 1.82) is 0 Å². The van der Waals surface area contributed by atoms with Gasteiger partial charge in [0.05, 0.1) is 13.2 Å². The van der Waals surface area contributed by atoms with Gasteiger partial charge >= 0.3 is 0 Å². The average Bonchev–Trinajstić information content (AvgIpc) is 2.77. The molecule has 1 aliphatic heterocycles. The Balaban J connectivity index is 1.47. The normalized spacial score (nSPS) is 14.2. The largest absolute Gasteiger partial charge is 0.379 e. The first-order valence-electron chi connectivity index (χ1n) is 9.99. The van der Waals surface area contributed by atoms with E-state index in [0.29, 0.717) is 24.5 Å². The zero-order chi connectivity index (χ0) is 21.3. The van der Waals surface area contributed by atoms with Crippen LogP contribution in [-0.4, -0.2) is 73.9 Å². The average molecular weight is 412 g/mol. The van der Waals surface area contributed by atoms with Crippen LogP contribution in [0.2, 0.25) is 0 Å². The SMILES string of the molecule is CN(C)c1ccc(C(=O)NCc2cccc(NC(=O)CCN3CCOCC3)c2)nn1. The van der Waals surface area contributed by atoms with Crippen LogP contribution in [0.1, 0.15) is 22.5 Å². The number of ether oxygens (including phenoxy) is 1. The number of anilines is 2. The molecule has 2 aromatic rings. The smallest absolute Gasteiger partial charge is 0.272 e. The third-order valence-corrected chi connectivity index (χ3v) is 4.76. The molecule has 9 nitrogen and oxygen atoms in total. The highest BCUT2D eigenvalue weighted by atomic mass is 16.5. The first-order valence-corrected chi connectivity index (χ1v) is 9.99. The van der Waals surface area contributed by atoms with Crippen molar-refractivity contribution in [2.45, 2.75) is 13.0 Å². The van der Waals surface area contributed by atoms with Gasteiger partial charge < -0.3 is 20.3 Å². The van der Waals surface area contributed by atoms with Crippen LogP contribution in [0.15, 0.2) is 36.4 Å². The second-order valence-electron chi connectivity index (χ2n) is 7.31. The highest BCUT2D eigenvalue weighted by Gasteiger charge is 2.12. The van der Waals surface area contributed by atoms with Crippen molar-refractivity contribution in [1.82, 2.24) is 20.4 Å². The molecular weight excluding hydrogens is 384 g/mol. The fraction of sp³-hybridized carbons (Fsp3) is 0.429. The zero-order valence-corrected chi connectivity index (χ0v) is 17.4. The van der Waals surface area contributed by atoms with Crippen LogP contribution in [-0.2, 0) is 16.1 Å². The van der Waals surface area contributed by atoms with Gasteiger partial charge in [0.2, 0.25) is 5.91 Å². The van der Waals surface area contributed by atoms with Gasteiger partial charge in [-0.15, -0.1) is 10.2 Å². The molecule has 1 aromatic carbocycles. The minimum Gasteiger partial charge on any atom is -0.379 e. The highest BCUT2D eigenvalue weighted by Crippen LogP contribution is 2.12. The first-order chi connectivity index (χ1) is 14.5. The van der Waals surface area contributed by atoms with Crippen molar-refractivity contribution in [2.75, 3.05) is 57.2 Å². The van der Waals surface area contributed by atoms with Crippen LogP contribution in [0.4, 0.5) is 11.5 Å². The van der Waals surface area contributed by atoms with Crippen LogP contribution in [0, 0.1) is 0 Å². The number of carbonyl (C=O) groups is 2. The molecule has 1 fully saturated rings. The predicted molar refractivity (Wildman–Crippen MR) is 114 cm³/mol. The summed E-state index contributed by atoms with van der Waals surface area (Å²) in [5.41, 5.74) is 1.85. The number of morpholine rings is 1. The van der Waals surface area contributed by atoms with E-state index in [-0.39, 0.29) is 17.5 Å². The number of nitrogens with zero attached hydrogens (tertiary/aromatic N) is 4. The lowest BCUT2D eigenvalue weighted by atomic mass is 10.2. The van der Waals surface area contributed by atoms with Gasteiger partial charge in [-0.2, -0.15) is 0 Å². The molecule has 0 radical (unpaired) electrons. The van der Waals surface area contributed by atoms with Crippen LogP contribution >= 0.6 is 0 Å². The van der Waals surface area contributed by atoms with Gasteiger partial charge in [-0.05, 0) is 29.8 Å². The lowest BCUT2D eigenvalue weighted by Crippen LogP contribution is -2.38. The molecule has 1 aromatic heterocycles. The van der Waals surface area contributed by atoms with Crippen molar-refractivity contribution in [3.63, 3.8) is 0 Å². The summed E-state index contributed by atoms with van der Waals surface area (Å²) in [4.78, 5) is 28.6. The molecule has 1 aliphatic rings. The van der Waals surface area contributed by atoms with E-state index >= 15 is 0 Å². The van der Waals surface area contributed by atoms with E-state index in [4.69, 9.17) is 4.74 Å². The topological polar surface area (TPSA) is 99.7 Å². The molecule has 0 bridgehead atoms. The Morgan fingerprint density at radius 3 is 2.63 bits per heavy atom. The van der Waals surface area contributed by atoms with Crippen molar-refractivity contribution >= 4 is 23.3 Å². The summed E-state index contributed by atoms with van der Waals surface area (Å²) in [5, 5.41) is 13.7. The lowest BCUT2D eigenvalue weighted by molar-refractivity contribution is -0.116. The zero-order valence-electron chi connectivity index (χ0n) is 17.4. The van der Waals surface area contributed by atoms with Crippen molar-refractivity contribution < 1.29 is 14.3 Å². The molecule has 0 unspecified atom stereocenters. The third-order valence-electron chi connectivity index (χ3n) is 4.76. The summed E-state index contributed by atoms with van der Waals surface area (Å²) >= 11 is 0. The van der Waals surface area contributed by atoms with Gasteiger partial charge in [-0.25, -0.2) is 0 Å². The summed E-state index contributed by atoms with van der Waals surface area (Å²) < 4.78 is 5.32. The van der Waals surface area contributed by atoms with Crippen LogP contribution in [0.25, 0.3) is 0 Å². The Bertz CT molecular complexity index is 850. The van der Waals surface area contributed by atoms with Gasteiger partial charge in [0, 0.05) is 52.4 Å². The van der Waals surface area contributed by atoms with Crippen LogP contribution < -0.4 is 15.5 Å². The van der Waals surface area contributed by atoms with Crippen molar-refractivity contribution in [3.8, 4) is 0 Å². The van der Waals surface area contributed by atoms with E-state index in [1.54, 1.807) is 12.1 Å². The second kappa shape index (κ2) is 10.7. The summed E-state index contributed by atoms with van der Waals surface area (Å²) in [5.74, 6) is 0.357. The molecule has 0 aliphatic carbocycles. The number of aromatic nitrogens is 2. The maximum Gasteiger partial charge on any atom is 0.272 e. The molecule has 3 rings (SSSR count). The minimum absolute atomic E-state index is 0.0288. The Morgan fingerprint density at radius 2 is 1.93 bits per heavy atom. The molecule has 30 heavy (non-hydrogen) atoms. The number of hydrogen-bond acceptors (Lipinski definition) is 7. The summed E-state index contributed by atoms with van der Waals surface area (Å²) in [6.45, 7) is 4.23. The van der Waals surface area contributed by atoms with Crippen LogP contribution in [0.3, 0.4) is 0 Å². The minimum atomic E-state index is -0.298. The van der Waals surface area contributed by atoms with E-state index in [1.165, 1.54) is 0 Å². The summed E-state index contributed by atoms with van der Waals surface area (Å²) in [6, 6.07) is 10.8. The van der Waals surface area contributed by atoms with Gasteiger partial charge in [0.25, 0.3) is 5.91 Å². The van der Waals surface area contributed by atoms with E-state index < -0.39 is 0 Å². The Morgan fingerprint density at radius 1 is 1.13 bits per heavy atom. The summed E-state index contributed by atoms with van der Waals surface area (Å²) in [6.07, 6.45) is 0.433. The number of nitrogens with one attached hydrogen (secondary N) is 2. The molecule has 1 saturated heterocycles. The number of hydrogen-bond donors (Lipinski definition) is 2. The quantitative estimate of drug-likeness (QED) is 0.671. The molecule has 2 heterocycles. The highest BCUT2D eigenvalue weighted by molar-refractivity contribution is 5.92. The van der Waals surface area contributed by atoms with Crippen molar-refractivity contribution in [3.05, 3.63) is 47.7 Å². The maximum atomic E-state index is 12.3. The van der Waals surface area contributed by atoms with Crippen molar-refractivity contribution in [2.24, 2.45) is 0 Å². The predicted octanol–water partition coefficient (Wildman–Crippen LogP) is 1.13. The fourth-order valence-electron chi connectivity index (χ4n) is 3.02. The van der Waals surface area contributed by atoms with E-state index in [0.717, 1.165) is 38.4 Å². The lowest BCUT2D eigenvalue weighted by Gasteiger charge is -2.26. The molecule has 2 N–H and O–H groups in total. The Hall–Kier alpha value is -3.04. The van der Waals surface area contributed by atoms with Gasteiger partial charge in [-0.1, -0.05) is 12.1 Å². The van der Waals surface area contributed by atoms with E-state index in [2.05, 4.69) is 25.7 Å². The number of amides is 2. The molecule has 0 saturated carbocycles. The molecular formula is C21H28N6O3. The first kappa shape index (κ1) is 21.7. The molecule has 0 spiro atoms. The fourth-order valence-corrected chi connectivity index (χ4v) is 3.02. The van der Waals surface area contributed by atoms with Gasteiger partial charge in [-0.3, -0.25) is 14.5 Å². The Kier molecular flexibility index (Phi) is 7.69. The monoisotopic (exact) mass is 412 g/mol. The third kappa shape index (κ3) is 6.50. The number of benzene rings is 1. The maximum absolute atomic E-state index is 12.3. The van der Waals surface area contributed by atoms with E-state index in [1.807, 2.05) is 43.3 Å². The molecule has 2 amide bonds. The molecule has 0 atom stereocenters. The van der Waals surface area contributed by atoms with Gasteiger partial charge in [0.15, 0.2) is 11.5 Å². The molecule has 9 heteroatoms. The van der Waals surface area contributed by atoms with Crippen LogP contribution in [0.5, 0.6) is 0 Å².